The van der Waals surface area contributed by atoms with Crippen LogP contribution in [0.2, 0.25) is 10.0 Å². The molecule has 2 amide bonds. The summed E-state index contributed by atoms with van der Waals surface area (Å²) < 4.78 is 41.7. The highest BCUT2D eigenvalue weighted by molar-refractivity contribution is 7.92. The first-order chi connectivity index (χ1) is 18.1. The van der Waals surface area contributed by atoms with Crippen LogP contribution in [0.15, 0.2) is 77.7 Å². The minimum Gasteiger partial charge on any atom is -0.354 e. The van der Waals surface area contributed by atoms with Gasteiger partial charge in [0.15, 0.2) is 0 Å². The van der Waals surface area contributed by atoms with Crippen molar-refractivity contribution in [3.05, 3.63) is 94.2 Å². The number of hydrogen-bond donors (Lipinski definition) is 1. The number of para-hydroxylation sites is 1. The molecule has 0 saturated heterocycles. The second kappa shape index (κ2) is 13.1. The number of rotatable bonds is 11. The third kappa shape index (κ3) is 7.03. The molecule has 1 atom stereocenters. The van der Waals surface area contributed by atoms with Crippen LogP contribution in [0.25, 0.3) is 0 Å². The normalized spacial score (nSPS) is 12.0. The van der Waals surface area contributed by atoms with E-state index in [0.29, 0.717) is 28.6 Å². The molecular weight excluding hydrogens is 552 g/mol. The number of benzene rings is 3. The highest BCUT2D eigenvalue weighted by Crippen LogP contribution is 2.28. The van der Waals surface area contributed by atoms with Crippen LogP contribution in [-0.2, 0) is 26.2 Å². The molecule has 0 bridgehead atoms. The van der Waals surface area contributed by atoms with Gasteiger partial charge in [-0.2, -0.15) is 0 Å². The predicted molar refractivity (Wildman–Crippen MR) is 147 cm³/mol. The van der Waals surface area contributed by atoms with Crippen LogP contribution in [-0.4, -0.2) is 44.3 Å². The van der Waals surface area contributed by atoms with E-state index in [-0.39, 0.29) is 17.1 Å². The lowest BCUT2D eigenvalue weighted by Gasteiger charge is -2.32. The average molecular weight is 581 g/mol. The van der Waals surface area contributed by atoms with E-state index in [1.165, 1.54) is 4.90 Å². The molecule has 0 spiro atoms. The van der Waals surface area contributed by atoms with Gasteiger partial charge in [-0.25, -0.2) is 12.8 Å². The van der Waals surface area contributed by atoms with Gasteiger partial charge in [-0.3, -0.25) is 13.9 Å². The molecule has 0 saturated carbocycles. The van der Waals surface area contributed by atoms with Crippen molar-refractivity contribution in [2.24, 2.45) is 0 Å². The first-order valence-corrected chi connectivity index (χ1v) is 14.1. The summed E-state index contributed by atoms with van der Waals surface area (Å²) in [6.45, 7) is 3.10. The molecule has 0 aliphatic heterocycles. The Morgan fingerprint density at radius 3 is 2.13 bits per heavy atom. The van der Waals surface area contributed by atoms with Crippen LogP contribution in [0.3, 0.4) is 0 Å². The van der Waals surface area contributed by atoms with E-state index in [1.807, 2.05) is 6.92 Å². The number of hydrogen-bond acceptors (Lipinski definition) is 4. The zero-order valence-electron chi connectivity index (χ0n) is 20.9. The molecule has 0 unspecified atom stereocenters. The summed E-state index contributed by atoms with van der Waals surface area (Å²) in [5, 5.41) is 3.37. The van der Waals surface area contributed by atoms with Gasteiger partial charge in [0.2, 0.25) is 11.8 Å². The monoisotopic (exact) mass is 579 g/mol. The van der Waals surface area contributed by atoms with Gasteiger partial charge < -0.3 is 10.2 Å². The van der Waals surface area contributed by atoms with Gasteiger partial charge in [-0.05, 0) is 61.9 Å². The van der Waals surface area contributed by atoms with Crippen molar-refractivity contribution < 1.29 is 22.4 Å². The van der Waals surface area contributed by atoms with Gasteiger partial charge >= 0.3 is 0 Å². The van der Waals surface area contributed by atoms with Crippen molar-refractivity contribution >= 4 is 50.7 Å². The zero-order chi connectivity index (χ0) is 27.9. The lowest BCUT2D eigenvalue weighted by Crippen LogP contribution is -2.51. The molecule has 3 rings (SSSR count). The summed E-state index contributed by atoms with van der Waals surface area (Å²) in [5.41, 5.74) is 0.649. The summed E-state index contributed by atoms with van der Waals surface area (Å²) in [5.74, 6) is -1.66. The Balaban J connectivity index is 2.03. The first-order valence-electron chi connectivity index (χ1n) is 11.9. The van der Waals surface area contributed by atoms with Crippen LogP contribution < -0.4 is 9.62 Å². The van der Waals surface area contributed by atoms with Gasteiger partial charge in [0, 0.05) is 28.7 Å². The van der Waals surface area contributed by atoms with Gasteiger partial charge in [0.25, 0.3) is 10.0 Å². The average Bonchev–Trinajstić information content (AvgIpc) is 2.90. The molecule has 0 radical (unpaired) electrons. The lowest BCUT2D eigenvalue weighted by atomic mass is 10.1. The Labute approximate surface area is 232 Å². The van der Waals surface area contributed by atoms with Crippen LogP contribution in [0.5, 0.6) is 0 Å². The molecule has 0 heterocycles. The SMILES string of the molecule is CCCNC(=O)[C@H](C)N(Cc1c(Cl)cccc1Cl)C(=O)CN(c1ccccc1)S(=O)(=O)c1ccc(F)cc1. The Morgan fingerprint density at radius 2 is 1.55 bits per heavy atom. The molecule has 38 heavy (non-hydrogen) atoms. The summed E-state index contributed by atoms with van der Waals surface area (Å²) in [6.07, 6.45) is 0.695. The number of halogens is 3. The number of sulfonamides is 1. The van der Waals surface area contributed by atoms with Crippen LogP contribution in [0.4, 0.5) is 10.1 Å². The summed E-state index contributed by atoms with van der Waals surface area (Å²) in [4.78, 5) is 27.7. The van der Waals surface area contributed by atoms with E-state index in [1.54, 1.807) is 55.5 Å². The van der Waals surface area contributed by atoms with Crippen LogP contribution in [0.1, 0.15) is 25.8 Å². The number of anilines is 1. The van der Waals surface area contributed by atoms with Gasteiger partial charge in [-0.1, -0.05) is 54.4 Å². The molecular formula is C27H28Cl2FN3O4S. The third-order valence-electron chi connectivity index (χ3n) is 5.83. The van der Waals surface area contributed by atoms with Crippen molar-refractivity contribution in [3.63, 3.8) is 0 Å². The Morgan fingerprint density at radius 1 is 0.947 bits per heavy atom. The summed E-state index contributed by atoms with van der Waals surface area (Å²) in [7, 11) is -4.28. The molecule has 202 valence electrons. The largest absolute Gasteiger partial charge is 0.354 e. The topological polar surface area (TPSA) is 86.8 Å². The van der Waals surface area contributed by atoms with E-state index < -0.39 is 40.2 Å². The van der Waals surface area contributed by atoms with E-state index in [9.17, 15) is 22.4 Å². The molecule has 11 heteroatoms. The van der Waals surface area contributed by atoms with Gasteiger partial charge in [-0.15, -0.1) is 0 Å². The smallest absolute Gasteiger partial charge is 0.264 e. The zero-order valence-corrected chi connectivity index (χ0v) is 23.2. The van der Waals surface area contributed by atoms with E-state index >= 15 is 0 Å². The maximum absolute atomic E-state index is 13.8. The van der Waals surface area contributed by atoms with E-state index in [4.69, 9.17) is 23.2 Å². The van der Waals surface area contributed by atoms with E-state index in [0.717, 1.165) is 28.6 Å². The predicted octanol–water partition coefficient (Wildman–Crippen LogP) is 5.27. The lowest BCUT2D eigenvalue weighted by molar-refractivity contribution is -0.139. The summed E-state index contributed by atoms with van der Waals surface area (Å²) in [6, 6.07) is 16.3. The second-order valence-electron chi connectivity index (χ2n) is 8.49. The standard InChI is InChI=1S/C27H28Cl2FN3O4S/c1-3-16-31-27(35)19(2)32(17-23-24(28)10-7-11-25(23)29)26(34)18-33(21-8-5-4-6-9-21)38(36,37)22-14-12-20(30)13-15-22/h4-15,19H,3,16-18H2,1-2H3,(H,31,35)/t19-/m0/s1. The second-order valence-corrected chi connectivity index (χ2v) is 11.2. The molecule has 3 aromatic carbocycles. The maximum atomic E-state index is 13.8. The molecule has 0 aliphatic carbocycles. The Kier molecular flexibility index (Phi) is 10.1. The van der Waals surface area contributed by atoms with Crippen molar-refractivity contribution in [1.82, 2.24) is 10.2 Å². The van der Waals surface area contributed by atoms with Crippen molar-refractivity contribution in [3.8, 4) is 0 Å². The number of nitrogens with one attached hydrogen (secondary N) is 1. The van der Waals surface area contributed by atoms with Gasteiger partial charge in [0.05, 0.1) is 10.6 Å². The number of amides is 2. The van der Waals surface area contributed by atoms with E-state index in [2.05, 4.69) is 5.32 Å². The highest BCUT2D eigenvalue weighted by atomic mass is 35.5. The first kappa shape index (κ1) is 29.4. The molecule has 0 fully saturated rings. The summed E-state index contributed by atoms with van der Waals surface area (Å²) >= 11 is 12.7. The molecule has 0 aromatic heterocycles. The fourth-order valence-electron chi connectivity index (χ4n) is 3.69. The Bertz CT molecular complexity index is 1350. The fraction of sp³-hybridized carbons (Fsp3) is 0.259. The number of carbonyl (C=O) groups is 2. The Hall–Kier alpha value is -3.14. The van der Waals surface area contributed by atoms with Gasteiger partial charge in [0.1, 0.15) is 18.4 Å². The molecule has 1 N–H and O–H groups in total. The van der Waals surface area contributed by atoms with Crippen LogP contribution >= 0.6 is 23.2 Å². The quantitative estimate of drug-likeness (QED) is 0.335. The van der Waals surface area contributed by atoms with Crippen molar-refractivity contribution in [2.75, 3.05) is 17.4 Å². The highest BCUT2D eigenvalue weighted by Gasteiger charge is 2.33. The minimum atomic E-state index is -4.28. The van der Waals surface area contributed by atoms with Crippen LogP contribution in [0, 0.1) is 5.82 Å². The van der Waals surface area contributed by atoms with Crippen molar-refractivity contribution in [1.29, 1.82) is 0 Å². The van der Waals surface area contributed by atoms with Crippen molar-refractivity contribution in [2.45, 2.75) is 37.8 Å². The fourth-order valence-corrected chi connectivity index (χ4v) is 5.62. The number of nitrogens with zero attached hydrogens (tertiary/aromatic N) is 2. The molecule has 3 aromatic rings. The maximum Gasteiger partial charge on any atom is 0.264 e. The molecule has 7 nitrogen and oxygen atoms in total. The minimum absolute atomic E-state index is 0.128. The number of carbonyl (C=O) groups excluding carboxylic acids is 2. The third-order valence-corrected chi connectivity index (χ3v) is 8.33. The molecule has 0 aliphatic rings.